The van der Waals surface area contributed by atoms with Crippen LogP contribution in [0.15, 0.2) is 53.9 Å². The highest BCUT2D eigenvalue weighted by molar-refractivity contribution is 6.07. The van der Waals surface area contributed by atoms with E-state index in [1.165, 1.54) is 19.4 Å². The summed E-state index contributed by atoms with van der Waals surface area (Å²) in [6.07, 6.45) is 5.79. The smallest absolute Gasteiger partial charge is 0.260 e. The van der Waals surface area contributed by atoms with E-state index in [2.05, 4.69) is 25.3 Å². The fourth-order valence-electron chi connectivity index (χ4n) is 2.34. The van der Waals surface area contributed by atoms with Crippen molar-refractivity contribution in [2.45, 2.75) is 6.92 Å². The zero-order valence-electron chi connectivity index (χ0n) is 15.3. The van der Waals surface area contributed by atoms with Gasteiger partial charge in [0.25, 0.3) is 5.91 Å². The van der Waals surface area contributed by atoms with E-state index in [-0.39, 0.29) is 12.8 Å². The van der Waals surface area contributed by atoms with Crippen molar-refractivity contribution in [1.82, 2.24) is 15.0 Å². The molecule has 0 saturated carbocycles. The topological polar surface area (TPSA) is 125 Å². The highest BCUT2D eigenvalue weighted by atomic mass is 16.5. The molecule has 3 aromatic rings. The van der Waals surface area contributed by atoms with Gasteiger partial charge in [-0.05, 0) is 30.7 Å². The third-order valence-electron chi connectivity index (χ3n) is 3.54. The Hall–Kier alpha value is -4.01. The standard InChI is InChI=1S/C19H18N6O3.H2/c1-12-6-13(9-21-8-12)28-14-7-15(18(22-10-14)23-11-20)19(26)25-16-4-3-5-17(24-16)27-2;/h3-11H,1-2H3,(H2,20,22,23)(H,24,25,26);1H. The zero-order valence-corrected chi connectivity index (χ0v) is 15.3. The molecule has 3 N–H and O–H groups in total. The molecule has 3 aromatic heterocycles. The third-order valence-corrected chi connectivity index (χ3v) is 3.54. The molecule has 3 heterocycles. The fraction of sp³-hybridized carbons (Fsp3) is 0.105. The Balaban J connectivity index is 0.00000300. The molecule has 9 heteroatoms. The largest absolute Gasteiger partial charge is 0.481 e. The van der Waals surface area contributed by atoms with Crippen LogP contribution in [0.25, 0.3) is 0 Å². The highest BCUT2D eigenvalue weighted by Gasteiger charge is 2.16. The number of nitrogens with zero attached hydrogens (tertiary/aromatic N) is 4. The van der Waals surface area contributed by atoms with Gasteiger partial charge in [0.1, 0.15) is 17.3 Å². The number of hydrogen-bond donors (Lipinski definition) is 2. The maximum absolute atomic E-state index is 12.8. The Morgan fingerprint density at radius 2 is 2.07 bits per heavy atom. The van der Waals surface area contributed by atoms with Gasteiger partial charge >= 0.3 is 0 Å². The number of ether oxygens (including phenoxy) is 2. The van der Waals surface area contributed by atoms with Crippen molar-refractivity contribution < 1.29 is 15.7 Å². The molecule has 0 aromatic carbocycles. The van der Waals surface area contributed by atoms with Crippen molar-refractivity contribution in [1.29, 1.82) is 0 Å². The van der Waals surface area contributed by atoms with Crippen LogP contribution in [0.5, 0.6) is 17.4 Å². The lowest BCUT2D eigenvalue weighted by molar-refractivity contribution is 0.102. The molecule has 28 heavy (non-hydrogen) atoms. The van der Waals surface area contributed by atoms with Gasteiger partial charge in [-0.2, -0.15) is 4.98 Å². The molecule has 144 valence electrons. The second kappa shape index (κ2) is 8.58. The maximum Gasteiger partial charge on any atom is 0.260 e. The van der Waals surface area contributed by atoms with Gasteiger partial charge < -0.3 is 20.5 Å². The summed E-state index contributed by atoms with van der Waals surface area (Å²) in [6.45, 7) is 1.90. The summed E-state index contributed by atoms with van der Waals surface area (Å²) in [6, 6.07) is 8.36. The molecule has 0 atom stereocenters. The number of aromatic nitrogens is 3. The van der Waals surface area contributed by atoms with Crippen LogP contribution in [-0.4, -0.2) is 34.3 Å². The lowest BCUT2D eigenvalue weighted by Crippen LogP contribution is -2.14. The Morgan fingerprint density at radius 1 is 1.25 bits per heavy atom. The molecular weight excluding hydrogens is 360 g/mol. The number of pyridine rings is 3. The lowest BCUT2D eigenvalue weighted by atomic mass is 10.2. The summed E-state index contributed by atoms with van der Waals surface area (Å²) >= 11 is 0. The van der Waals surface area contributed by atoms with Crippen LogP contribution in [0.2, 0.25) is 0 Å². The second-order valence-electron chi connectivity index (χ2n) is 5.64. The summed E-state index contributed by atoms with van der Waals surface area (Å²) in [5.41, 5.74) is 6.48. The molecule has 0 aliphatic rings. The van der Waals surface area contributed by atoms with E-state index in [1.54, 1.807) is 30.6 Å². The minimum Gasteiger partial charge on any atom is -0.481 e. The number of hydrogen-bond acceptors (Lipinski definition) is 7. The minimum atomic E-state index is -0.471. The van der Waals surface area contributed by atoms with E-state index in [0.29, 0.717) is 23.2 Å². The molecule has 0 radical (unpaired) electrons. The van der Waals surface area contributed by atoms with Crippen molar-refractivity contribution in [2.75, 3.05) is 12.4 Å². The van der Waals surface area contributed by atoms with Crippen molar-refractivity contribution in [3.63, 3.8) is 0 Å². The molecule has 3 rings (SSSR count). The Labute approximate surface area is 162 Å². The molecular formula is C19H20N6O3. The Morgan fingerprint density at radius 3 is 2.82 bits per heavy atom. The van der Waals surface area contributed by atoms with Crippen LogP contribution < -0.4 is 20.5 Å². The van der Waals surface area contributed by atoms with Gasteiger partial charge in [-0.15, -0.1) is 0 Å². The lowest BCUT2D eigenvalue weighted by Gasteiger charge is -2.10. The van der Waals surface area contributed by atoms with Crippen LogP contribution >= 0.6 is 0 Å². The van der Waals surface area contributed by atoms with E-state index in [4.69, 9.17) is 15.2 Å². The van der Waals surface area contributed by atoms with E-state index >= 15 is 0 Å². The number of nitrogens with two attached hydrogens (primary N) is 1. The first-order valence-electron chi connectivity index (χ1n) is 8.25. The van der Waals surface area contributed by atoms with Crippen molar-refractivity contribution in [3.8, 4) is 17.4 Å². The first-order valence-corrected chi connectivity index (χ1v) is 8.25. The number of nitrogens with one attached hydrogen (secondary N) is 1. The average molecular weight is 380 g/mol. The zero-order chi connectivity index (χ0) is 19.9. The minimum absolute atomic E-state index is 0. The molecule has 0 spiro atoms. The highest BCUT2D eigenvalue weighted by Crippen LogP contribution is 2.26. The quantitative estimate of drug-likeness (QED) is 0.497. The molecule has 9 nitrogen and oxygen atoms in total. The molecule has 0 aliphatic heterocycles. The van der Waals surface area contributed by atoms with Crippen LogP contribution in [0.3, 0.4) is 0 Å². The first kappa shape index (κ1) is 18.8. The maximum atomic E-state index is 12.8. The predicted molar refractivity (Wildman–Crippen MR) is 106 cm³/mol. The Bertz CT molecular complexity index is 1030. The SMILES string of the molecule is COc1cccc(NC(=O)c2cc(Oc3cncc(C)c3)cnc2/N=C\N)n1.[HH]. The van der Waals surface area contributed by atoms with Crippen LogP contribution in [0.4, 0.5) is 11.6 Å². The molecule has 1 amide bonds. The molecule has 0 bridgehead atoms. The number of amides is 1. The van der Waals surface area contributed by atoms with Gasteiger partial charge in [-0.3, -0.25) is 9.78 Å². The number of carbonyl (C=O) groups excluding carboxylic acids is 1. The number of methoxy groups -OCH3 is 1. The number of rotatable bonds is 6. The van der Waals surface area contributed by atoms with Gasteiger partial charge in [-0.1, -0.05) is 6.07 Å². The van der Waals surface area contributed by atoms with E-state index in [9.17, 15) is 4.79 Å². The summed E-state index contributed by atoms with van der Waals surface area (Å²) < 4.78 is 10.8. The molecule has 0 fully saturated rings. The Kier molecular flexibility index (Phi) is 5.75. The van der Waals surface area contributed by atoms with Gasteiger partial charge in [0, 0.05) is 13.7 Å². The summed E-state index contributed by atoms with van der Waals surface area (Å²) in [7, 11) is 1.49. The average Bonchev–Trinajstić information content (AvgIpc) is 2.69. The predicted octanol–water partition coefficient (Wildman–Crippen LogP) is 3.10. The van der Waals surface area contributed by atoms with E-state index < -0.39 is 5.91 Å². The fourth-order valence-corrected chi connectivity index (χ4v) is 2.34. The summed E-state index contributed by atoms with van der Waals surface area (Å²) in [4.78, 5) is 29.1. The number of aryl methyl sites for hydroxylation is 1. The monoisotopic (exact) mass is 380 g/mol. The normalized spacial score (nSPS) is 10.6. The number of carbonyl (C=O) groups is 1. The number of aliphatic imine (C=N–C) groups is 1. The van der Waals surface area contributed by atoms with Crippen molar-refractivity contribution in [3.05, 3.63) is 60.0 Å². The third kappa shape index (κ3) is 4.58. The van der Waals surface area contributed by atoms with Gasteiger partial charge in [0.15, 0.2) is 5.82 Å². The van der Waals surface area contributed by atoms with Crippen molar-refractivity contribution in [2.24, 2.45) is 10.7 Å². The van der Waals surface area contributed by atoms with Crippen molar-refractivity contribution >= 4 is 23.9 Å². The molecule has 0 aliphatic carbocycles. The van der Waals surface area contributed by atoms with Gasteiger partial charge in [0.2, 0.25) is 5.88 Å². The molecule has 0 unspecified atom stereocenters. The van der Waals surface area contributed by atoms with Crippen LogP contribution in [0, 0.1) is 6.92 Å². The first-order chi connectivity index (χ1) is 13.6. The van der Waals surface area contributed by atoms with E-state index in [1.807, 2.05) is 13.0 Å². The van der Waals surface area contributed by atoms with Gasteiger partial charge in [0.05, 0.1) is 31.4 Å². The van der Waals surface area contributed by atoms with E-state index in [0.717, 1.165) is 11.9 Å². The summed E-state index contributed by atoms with van der Waals surface area (Å²) in [5, 5.41) is 2.68. The second-order valence-corrected chi connectivity index (χ2v) is 5.64. The molecule has 0 saturated heterocycles. The van der Waals surface area contributed by atoms with Crippen LogP contribution in [-0.2, 0) is 0 Å². The number of anilines is 1. The summed E-state index contributed by atoms with van der Waals surface area (Å²) in [5.74, 6) is 1.26. The van der Waals surface area contributed by atoms with Crippen LogP contribution in [0.1, 0.15) is 17.3 Å². The van der Waals surface area contributed by atoms with Gasteiger partial charge in [-0.25, -0.2) is 9.98 Å².